The summed E-state index contributed by atoms with van der Waals surface area (Å²) in [6.45, 7) is 3.83. The number of fused-ring (bicyclic) bond motifs is 1. The number of benzene rings is 1. The van der Waals surface area contributed by atoms with Gasteiger partial charge in [-0.1, -0.05) is 30.3 Å². The number of nitrogens with zero attached hydrogens (tertiary/aromatic N) is 3. The Balaban J connectivity index is 2.33. The normalized spacial score (nSPS) is 11.0. The number of hydrogen-bond acceptors (Lipinski definition) is 3. The number of hydrogen-bond donors (Lipinski definition) is 1. The monoisotopic (exact) mass is 281 g/mol. The summed E-state index contributed by atoms with van der Waals surface area (Å²) in [5.74, 6) is -0.886. The Labute approximate surface area is 121 Å². The van der Waals surface area contributed by atoms with Crippen LogP contribution in [0, 0.1) is 13.8 Å². The summed E-state index contributed by atoms with van der Waals surface area (Å²) in [7, 11) is 0. The van der Waals surface area contributed by atoms with Crippen LogP contribution in [0.2, 0.25) is 0 Å². The summed E-state index contributed by atoms with van der Waals surface area (Å²) in [6, 6.07) is 11.5. The van der Waals surface area contributed by atoms with E-state index in [2.05, 4.69) is 10.1 Å². The summed E-state index contributed by atoms with van der Waals surface area (Å²) in [5, 5.41) is 13.8. The van der Waals surface area contributed by atoms with Crippen LogP contribution in [0.5, 0.6) is 0 Å². The van der Waals surface area contributed by atoms with Gasteiger partial charge in [0.1, 0.15) is 0 Å². The number of aliphatic carboxylic acids is 1. The fraction of sp³-hybridized carbons (Fsp3) is 0.188. The molecule has 3 rings (SSSR count). The maximum Gasteiger partial charge on any atom is 0.308 e. The Kier molecular flexibility index (Phi) is 3.17. The molecule has 0 bridgehead atoms. The Bertz CT molecular complexity index is 822. The van der Waals surface area contributed by atoms with E-state index in [1.54, 1.807) is 4.52 Å². The van der Waals surface area contributed by atoms with Gasteiger partial charge < -0.3 is 5.11 Å². The van der Waals surface area contributed by atoms with Gasteiger partial charge in [0.15, 0.2) is 5.65 Å². The van der Waals surface area contributed by atoms with E-state index in [1.807, 2.05) is 50.2 Å². The van der Waals surface area contributed by atoms with Crippen LogP contribution in [0.15, 0.2) is 36.4 Å². The Hall–Kier alpha value is -2.69. The van der Waals surface area contributed by atoms with Crippen molar-refractivity contribution in [1.29, 1.82) is 0 Å². The van der Waals surface area contributed by atoms with Gasteiger partial charge >= 0.3 is 5.97 Å². The van der Waals surface area contributed by atoms with Crippen LogP contribution in [0.1, 0.15) is 17.0 Å². The predicted molar refractivity (Wildman–Crippen MR) is 79.2 cm³/mol. The molecule has 0 fully saturated rings. The first-order valence-corrected chi connectivity index (χ1v) is 6.69. The average Bonchev–Trinajstić information content (AvgIpc) is 2.78. The molecular formula is C16H15N3O2. The molecule has 2 aromatic heterocycles. The van der Waals surface area contributed by atoms with Crippen molar-refractivity contribution in [2.24, 2.45) is 0 Å². The molecule has 0 aliphatic carbocycles. The van der Waals surface area contributed by atoms with E-state index in [0.717, 1.165) is 17.0 Å². The van der Waals surface area contributed by atoms with E-state index in [4.69, 9.17) is 0 Å². The van der Waals surface area contributed by atoms with Crippen LogP contribution < -0.4 is 0 Å². The van der Waals surface area contributed by atoms with Gasteiger partial charge in [-0.3, -0.25) is 4.79 Å². The molecule has 106 valence electrons. The van der Waals surface area contributed by atoms with Crippen molar-refractivity contribution >= 4 is 11.6 Å². The third-order valence-electron chi connectivity index (χ3n) is 3.37. The third-order valence-corrected chi connectivity index (χ3v) is 3.37. The Morgan fingerprint density at radius 2 is 1.95 bits per heavy atom. The molecule has 3 aromatic rings. The minimum atomic E-state index is -0.886. The molecule has 0 spiro atoms. The predicted octanol–water partition coefficient (Wildman–Crippen LogP) is 2.64. The molecular weight excluding hydrogens is 266 g/mol. The lowest BCUT2D eigenvalue weighted by Gasteiger charge is -2.01. The number of aromatic nitrogens is 3. The maximum atomic E-state index is 11.2. The van der Waals surface area contributed by atoms with Crippen LogP contribution >= 0.6 is 0 Å². The molecule has 0 radical (unpaired) electrons. The average molecular weight is 281 g/mol. The van der Waals surface area contributed by atoms with E-state index in [-0.39, 0.29) is 6.42 Å². The fourth-order valence-electron chi connectivity index (χ4n) is 2.51. The zero-order chi connectivity index (χ0) is 15.0. The summed E-state index contributed by atoms with van der Waals surface area (Å²) >= 11 is 0. The molecule has 1 aromatic carbocycles. The highest BCUT2D eigenvalue weighted by molar-refractivity contribution is 5.80. The second-order valence-corrected chi connectivity index (χ2v) is 5.04. The van der Waals surface area contributed by atoms with Crippen molar-refractivity contribution in [2.75, 3.05) is 0 Å². The molecule has 5 heteroatoms. The van der Waals surface area contributed by atoms with Crippen molar-refractivity contribution in [2.45, 2.75) is 20.3 Å². The topological polar surface area (TPSA) is 67.5 Å². The minimum absolute atomic E-state index is 0.0936. The number of aryl methyl sites for hydroxylation is 2. The minimum Gasteiger partial charge on any atom is -0.481 e. The van der Waals surface area contributed by atoms with Crippen LogP contribution in [-0.2, 0) is 11.2 Å². The molecule has 21 heavy (non-hydrogen) atoms. The molecule has 1 N–H and O–H groups in total. The highest BCUT2D eigenvalue weighted by atomic mass is 16.4. The SMILES string of the molecule is Cc1cc(C)n2nc(-c3ccccc3)c(CC(=O)O)c2n1. The van der Waals surface area contributed by atoms with Crippen molar-refractivity contribution in [3.63, 3.8) is 0 Å². The van der Waals surface area contributed by atoms with Crippen LogP contribution in [-0.4, -0.2) is 25.7 Å². The lowest BCUT2D eigenvalue weighted by Crippen LogP contribution is -2.03. The standard InChI is InChI=1S/C16H15N3O2/c1-10-8-11(2)19-16(17-10)13(9-14(20)21)15(18-19)12-6-4-3-5-7-12/h3-8H,9H2,1-2H3,(H,20,21). The van der Waals surface area contributed by atoms with Crippen LogP contribution in [0.4, 0.5) is 0 Å². The number of rotatable bonds is 3. The maximum absolute atomic E-state index is 11.2. The number of carboxylic acid groups (broad SMARTS) is 1. The quantitative estimate of drug-likeness (QED) is 0.801. The van der Waals surface area contributed by atoms with Gasteiger partial charge in [-0.25, -0.2) is 9.50 Å². The van der Waals surface area contributed by atoms with Crippen LogP contribution in [0.3, 0.4) is 0 Å². The van der Waals surface area contributed by atoms with E-state index in [1.165, 1.54) is 0 Å². The van der Waals surface area contributed by atoms with Crippen molar-refractivity contribution in [3.8, 4) is 11.3 Å². The van der Waals surface area contributed by atoms with E-state index >= 15 is 0 Å². The summed E-state index contributed by atoms with van der Waals surface area (Å²) < 4.78 is 1.72. The van der Waals surface area contributed by atoms with Gasteiger partial charge in [-0.05, 0) is 19.9 Å². The van der Waals surface area contributed by atoms with Gasteiger partial charge in [0.25, 0.3) is 0 Å². The molecule has 0 aliphatic heterocycles. The van der Waals surface area contributed by atoms with Crippen molar-refractivity contribution in [3.05, 3.63) is 53.3 Å². The largest absolute Gasteiger partial charge is 0.481 e. The van der Waals surface area contributed by atoms with E-state index in [9.17, 15) is 9.90 Å². The zero-order valence-corrected chi connectivity index (χ0v) is 11.9. The lowest BCUT2D eigenvalue weighted by atomic mass is 10.1. The Morgan fingerprint density at radius 1 is 1.24 bits per heavy atom. The first-order chi connectivity index (χ1) is 10.1. The lowest BCUT2D eigenvalue weighted by molar-refractivity contribution is -0.136. The summed E-state index contributed by atoms with van der Waals surface area (Å²) in [5.41, 5.74) is 4.64. The number of carboxylic acids is 1. The smallest absolute Gasteiger partial charge is 0.308 e. The zero-order valence-electron chi connectivity index (χ0n) is 11.9. The summed E-state index contributed by atoms with van der Waals surface area (Å²) in [6.07, 6.45) is -0.0936. The second-order valence-electron chi connectivity index (χ2n) is 5.04. The highest BCUT2D eigenvalue weighted by Gasteiger charge is 2.19. The van der Waals surface area contributed by atoms with Gasteiger partial charge in [0, 0.05) is 22.5 Å². The molecule has 0 amide bonds. The second kappa shape index (κ2) is 5.01. The molecule has 0 unspecified atom stereocenters. The van der Waals surface area contributed by atoms with E-state index < -0.39 is 5.97 Å². The van der Waals surface area contributed by atoms with Gasteiger partial charge in [-0.2, -0.15) is 5.10 Å². The Morgan fingerprint density at radius 3 is 2.62 bits per heavy atom. The molecule has 0 aliphatic rings. The molecule has 2 heterocycles. The van der Waals surface area contributed by atoms with Gasteiger partial charge in [0.2, 0.25) is 0 Å². The first-order valence-electron chi connectivity index (χ1n) is 6.69. The van der Waals surface area contributed by atoms with Gasteiger partial charge in [0.05, 0.1) is 12.1 Å². The van der Waals surface area contributed by atoms with Crippen molar-refractivity contribution in [1.82, 2.24) is 14.6 Å². The number of carbonyl (C=O) groups is 1. The third kappa shape index (κ3) is 2.38. The fourth-order valence-corrected chi connectivity index (χ4v) is 2.51. The highest BCUT2D eigenvalue weighted by Crippen LogP contribution is 2.26. The first kappa shape index (κ1) is 13.3. The molecule has 5 nitrogen and oxygen atoms in total. The molecule has 0 saturated carbocycles. The van der Waals surface area contributed by atoms with Crippen molar-refractivity contribution < 1.29 is 9.90 Å². The summed E-state index contributed by atoms with van der Waals surface area (Å²) in [4.78, 5) is 15.7. The molecule has 0 saturated heterocycles. The van der Waals surface area contributed by atoms with Crippen LogP contribution in [0.25, 0.3) is 16.9 Å². The van der Waals surface area contributed by atoms with Gasteiger partial charge in [-0.15, -0.1) is 0 Å². The van der Waals surface area contributed by atoms with E-state index in [0.29, 0.717) is 16.9 Å². The molecule has 0 atom stereocenters.